The van der Waals surface area contributed by atoms with Crippen molar-refractivity contribution in [3.63, 3.8) is 0 Å². The van der Waals surface area contributed by atoms with E-state index in [9.17, 15) is 0 Å². The van der Waals surface area contributed by atoms with E-state index in [4.69, 9.17) is 11.1 Å². The van der Waals surface area contributed by atoms with Crippen LogP contribution in [0.2, 0.25) is 0 Å². The number of hydrogen-bond donors (Lipinski definition) is 2. The van der Waals surface area contributed by atoms with Gasteiger partial charge in [-0.15, -0.1) is 11.3 Å². The first-order valence-electron chi connectivity index (χ1n) is 6.36. The van der Waals surface area contributed by atoms with Crippen molar-refractivity contribution >= 4 is 33.1 Å². The topological polar surface area (TPSA) is 53.1 Å². The van der Waals surface area contributed by atoms with Crippen molar-refractivity contribution in [3.05, 3.63) is 56.7 Å². The van der Waals surface area contributed by atoms with Crippen LogP contribution in [0.3, 0.4) is 0 Å². The van der Waals surface area contributed by atoms with Crippen molar-refractivity contribution < 1.29 is 0 Å². The molecule has 0 spiro atoms. The minimum Gasteiger partial charge on any atom is -0.387 e. The molecule has 0 saturated heterocycles. The Hall–Kier alpha value is -1.17. The number of halogens is 1. The van der Waals surface area contributed by atoms with Crippen LogP contribution in [0.4, 0.5) is 0 Å². The zero-order valence-corrected chi connectivity index (χ0v) is 13.7. The molecule has 2 rings (SSSR count). The quantitative estimate of drug-likeness (QED) is 0.616. The Morgan fingerprint density at radius 1 is 1.40 bits per heavy atom. The van der Waals surface area contributed by atoms with Gasteiger partial charge in [-0.1, -0.05) is 30.3 Å². The Morgan fingerprint density at radius 3 is 2.65 bits per heavy atom. The van der Waals surface area contributed by atoms with Crippen molar-refractivity contribution in [2.45, 2.75) is 12.5 Å². The van der Waals surface area contributed by atoms with Crippen LogP contribution in [-0.2, 0) is 6.54 Å². The Morgan fingerprint density at radius 2 is 2.10 bits per heavy atom. The average Bonchev–Trinajstić information content (AvgIpc) is 2.82. The van der Waals surface area contributed by atoms with Gasteiger partial charge < -0.3 is 10.6 Å². The smallest absolute Gasteiger partial charge is 0.0995 e. The molecular formula is C15H18BrN3S. The van der Waals surface area contributed by atoms with E-state index in [2.05, 4.69) is 39.3 Å². The van der Waals surface area contributed by atoms with Gasteiger partial charge in [0.15, 0.2) is 0 Å². The monoisotopic (exact) mass is 351 g/mol. The summed E-state index contributed by atoms with van der Waals surface area (Å²) >= 11 is 5.21. The second kappa shape index (κ2) is 7.02. The van der Waals surface area contributed by atoms with Crippen LogP contribution in [0.25, 0.3) is 0 Å². The largest absolute Gasteiger partial charge is 0.387 e. The molecule has 0 aliphatic rings. The third-order valence-corrected chi connectivity index (χ3v) is 4.80. The lowest BCUT2D eigenvalue weighted by molar-refractivity contribution is 0.325. The fraction of sp³-hybridized carbons (Fsp3) is 0.267. The molecule has 20 heavy (non-hydrogen) atoms. The van der Waals surface area contributed by atoms with Gasteiger partial charge in [0, 0.05) is 27.8 Å². The number of benzene rings is 1. The van der Waals surface area contributed by atoms with E-state index >= 15 is 0 Å². The summed E-state index contributed by atoms with van der Waals surface area (Å²) in [4.78, 5) is 3.51. The third-order valence-electron chi connectivity index (χ3n) is 3.12. The highest BCUT2D eigenvalue weighted by molar-refractivity contribution is 9.10. The van der Waals surface area contributed by atoms with Crippen molar-refractivity contribution in [2.75, 3.05) is 13.6 Å². The van der Waals surface area contributed by atoms with Crippen molar-refractivity contribution in [1.29, 1.82) is 5.41 Å². The van der Waals surface area contributed by atoms with E-state index < -0.39 is 0 Å². The summed E-state index contributed by atoms with van der Waals surface area (Å²) in [5.41, 5.74) is 6.86. The molecular weight excluding hydrogens is 334 g/mol. The van der Waals surface area contributed by atoms with Gasteiger partial charge in [-0.3, -0.25) is 5.41 Å². The fourth-order valence-corrected chi connectivity index (χ4v) is 3.68. The molecule has 1 unspecified atom stereocenters. The fourth-order valence-electron chi connectivity index (χ4n) is 2.15. The van der Waals surface area contributed by atoms with Crippen LogP contribution >= 0.6 is 27.3 Å². The normalized spacial score (nSPS) is 12.6. The number of thiophene rings is 1. The highest BCUT2D eigenvalue weighted by atomic mass is 79.9. The molecule has 0 aliphatic carbocycles. The maximum atomic E-state index is 7.81. The van der Waals surface area contributed by atoms with Crippen LogP contribution < -0.4 is 5.73 Å². The Balaban J connectivity index is 2.03. The molecule has 2 aromatic rings. The summed E-state index contributed by atoms with van der Waals surface area (Å²) in [6.45, 7) is 1.61. The highest BCUT2D eigenvalue weighted by Gasteiger charge is 2.17. The van der Waals surface area contributed by atoms with Gasteiger partial charge in [-0.2, -0.15) is 0 Å². The summed E-state index contributed by atoms with van der Waals surface area (Å²) < 4.78 is 1.12. The van der Waals surface area contributed by atoms with E-state index in [1.54, 1.807) is 11.3 Å². The number of nitrogens with one attached hydrogen (secondary N) is 1. The molecule has 1 atom stereocenters. The molecule has 3 nitrogen and oxygen atoms in total. The SMILES string of the molecule is CN(Cc1cc(Br)cs1)CC(C(=N)N)c1ccccc1. The number of nitrogens with zero attached hydrogens (tertiary/aromatic N) is 1. The minimum atomic E-state index is -0.0513. The van der Waals surface area contributed by atoms with E-state index in [0.717, 1.165) is 23.1 Å². The third kappa shape index (κ3) is 4.16. The number of amidine groups is 1. The molecule has 106 valence electrons. The number of nitrogens with two attached hydrogens (primary N) is 1. The van der Waals surface area contributed by atoms with Gasteiger partial charge in [-0.05, 0) is 34.6 Å². The van der Waals surface area contributed by atoms with Crippen LogP contribution in [0.1, 0.15) is 16.4 Å². The van der Waals surface area contributed by atoms with E-state index in [-0.39, 0.29) is 11.8 Å². The highest BCUT2D eigenvalue weighted by Crippen LogP contribution is 2.22. The maximum Gasteiger partial charge on any atom is 0.0995 e. The van der Waals surface area contributed by atoms with Gasteiger partial charge >= 0.3 is 0 Å². The van der Waals surface area contributed by atoms with E-state index in [1.807, 2.05) is 30.3 Å². The zero-order valence-electron chi connectivity index (χ0n) is 11.3. The van der Waals surface area contributed by atoms with Crippen LogP contribution in [0.15, 0.2) is 46.3 Å². The molecule has 0 amide bonds. The lowest BCUT2D eigenvalue weighted by atomic mass is 9.97. The minimum absolute atomic E-state index is 0.0513. The van der Waals surface area contributed by atoms with Gasteiger partial charge in [0.2, 0.25) is 0 Å². The molecule has 0 saturated carbocycles. The Bertz CT molecular complexity index is 568. The Labute approximate surface area is 132 Å². The first-order valence-corrected chi connectivity index (χ1v) is 8.04. The van der Waals surface area contributed by atoms with Gasteiger partial charge in [0.05, 0.1) is 11.8 Å². The first-order chi connectivity index (χ1) is 9.56. The van der Waals surface area contributed by atoms with Crippen LogP contribution in [0.5, 0.6) is 0 Å². The summed E-state index contributed by atoms with van der Waals surface area (Å²) in [5.74, 6) is 0.167. The molecule has 0 radical (unpaired) electrons. The molecule has 1 heterocycles. The van der Waals surface area contributed by atoms with Crippen molar-refractivity contribution in [3.8, 4) is 0 Å². The van der Waals surface area contributed by atoms with Crippen LogP contribution in [0, 0.1) is 5.41 Å². The summed E-state index contributed by atoms with van der Waals surface area (Å²) in [6.07, 6.45) is 0. The molecule has 0 bridgehead atoms. The lowest BCUT2D eigenvalue weighted by Crippen LogP contribution is -2.32. The molecule has 0 aliphatic heterocycles. The summed E-state index contributed by atoms with van der Waals surface area (Å²) in [5, 5.41) is 9.90. The average molecular weight is 352 g/mol. The molecule has 1 aromatic heterocycles. The van der Waals surface area contributed by atoms with Gasteiger partial charge in [-0.25, -0.2) is 0 Å². The predicted molar refractivity (Wildman–Crippen MR) is 89.5 cm³/mol. The molecule has 5 heteroatoms. The van der Waals surface area contributed by atoms with E-state index in [1.165, 1.54) is 4.88 Å². The standard InChI is InChI=1S/C15H18BrN3S/c1-19(8-13-7-12(16)10-20-13)9-14(15(17)18)11-5-3-2-4-6-11/h2-7,10,14H,8-9H2,1H3,(H3,17,18). The first kappa shape index (κ1) is 15.2. The molecule has 0 fully saturated rings. The van der Waals surface area contributed by atoms with Gasteiger partial charge in [0.25, 0.3) is 0 Å². The predicted octanol–water partition coefficient (Wildman–Crippen LogP) is 3.66. The van der Waals surface area contributed by atoms with Crippen molar-refractivity contribution in [1.82, 2.24) is 4.90 Å². The number of rotatable bonds is 6. The van der Waals surface area contributed by atoms with Crippen molar-refractivity contribution in [2.24, 2.45) is 5.73 Å². The summed E-state index contributed by atoms with van der Waals surface area (Å²) in [6, 6.07) is 12.1. The second-order valence-corrected chi connectivity index (χ2v) is 6.76. The number of hydrogen-bond acceptors (Lipinski definition) is 3. The van der Waals surface area contributed by atoms with Crippen LogP contribution in [-0.4, -0.2) is 24.3 Å². The lowest BCUT2D eigenvalue weighted by Gasteiger charge is -2.23. The molecule has 3 N–H and O–H groups in total. The summed E-state index contributed by atoms with van der Waals surface area (Å²) in [7, 11) is 2.06. The molecule has 1 aromatic carbocycles. The Kier molecular flexibility index (Phi) is 5.34. The second-order valence-electron chi connectivity index (χ2n) is 4.85. The maximum absolute atomic E-state index is 7.81. The number of likely N-dealkylation sites (N-methyl/N-ethyl adjacent to an activating group) is 1. The zero-order chi connectivity index (χ0) is 14.5. The van der Waals surface area contributed by atoms with E-state index in [0.29, 0.717) is 0 Å². The van der Waals surface area contributed by atoms with Gasteiger partial charge in [0.1, 0.15) is 0 Å².